The molecule has 2 N–H and O–H groups in total. The number of likely N-dealkylation sites (tertiary alicyclic amines) is 1. The molecule has 1 saturated heterocycles. The van der Waals surface area contributed by atoms with Crippen LogP contribution in [-0.4, -0.2) is 38.4 Å². The van der Waals surface area contributed by atoms with Crippen molar-refractivity contribution in [2.24, 2.45) is 5.92 Å². The van der Waals surface area contributed by atoms with Gasteiger partial charge in [0.25, 0.3) is 11.5 Å². The van der Waals surface area contributed by atoms with Gasteiger partial charge in [-0.1, -0.05) is 12.1 Å². The van der Waals surface area contributed by atoms with Gasteiger partial charge in [0, 0.05) is 49.1 Å². The number of pyridine rings is 3. The Hall–Kier alpha value is -3.48. The number of carbonyl (C=O) groups is 1. The normalized spacial score (nSPS) is 20.2. The van der Waals surface area contributed by atoms with E-state index in [1.807, 2.05) is 27.7 Å². The lowest BCUT2D eigenvalue weighted by molar-refractivity contribution is 0.0589. The van der Waals surface area contributed by atoms with E-state index in [0.717, 1.165) is 23.4 Å². The lowest BCUT2D eigenvalue weighted by Crippen LogP contribution is -2.49. The number of hydrogen-bond donors (Lipinski definition) is 1. The predicted octanol–water partition coefficient (Wildman–Crippen LogP) is 2.15. The molecule has 3 aromatic rings. The number of hydrogen-bond acceptors (Lipinski definition) is 5. The van der Waals surface area contributed by atoms with E-state index in [2.05, 4.69) is 16.0 Å². The van der Waals surface area contributed by atoms with Crippen molar-refractivity contribution in [3.63, 3.8) is 0 Å². The molecule has 7 heteroatoms. The van der Waals surface area contributed by atoms with Gasteiger partial charge in [0.15, 0.2) is 0 Å². The average Bonchev–Trinajstić information content (AvgIpc) is 2.74. The number of piperidine rings is 1. The van der Waals surface area contributed by atoms with Crippen LogP contribution in [0.2, 0.25) is 0 Å². The number of fused-ring (bicyclic) bond motifs is 4. The number of aromatic nitrogens is 3. The molecule has 0 spiro atoms. The quantitative estimate of drug-likeness (QED) is 0.727. The Bertz CT molecular complexity index is 1140. The zero-order valence-corrected chi connectivity index (χ0v) is 15.9. The highest BCUT2D eigenvalue weighted by atomic mass is 16.2. The van der Waals surface area contributed by atoms with Crippen molar-refractivity contribution < 1.29 is 4.79 Å². The molecule has 5 heterocycles. The third-order valence-corrected chi connectivity index (χ3v) is 5.79. The summed E-state index contributed by atoms with van der Waals surface area (Å²) < 4.78 is 1.87. The fourth-order valence-electron chi connectivity index (χ4n) is 4.54. The number of anilines is 1. The number of nitrogen functional groups attached to an aromatic ring is 1. The maximum Gasteiger partial charge on any atom is 0.272 e. The standard InChI is InChI=1S/C22H21N5O2/c23-20-6-3-5-18(25-20)22(29)26-11-14-8-16(13-26)19-9-15(10-21(28)27(19)12-14)17-4-1-2-7-24-17/h1-7,9-10,14,16H,8,11-13H2,(H2,23,25)/t14-,16+/m0/s1. The van der Waals surface area contributed by atoms with Gasteiger partial charge in [0.1, 0.15) is 11.5 Å². The maximum atomic E-state index is 13.0. The van der Waals surface area contributed by atoms with Gasteiger partial charge in [0.2, 0.25) is 0 Å². The van der Waals surface area contributed by atoms with E-state index in [-0.39, 0.29) is 23.3 Å². The first-order valence-corrected chi connectivity index (χ1v) is 9.76. The van der Waals surface area contributed by atoms with E-state index in [0.29, 0.717) is 31.1 Å². The van der Waals surface area contributed by atoms with Crippen LogP contribution >= 0.6 is 0 Å². The molecule has 0 radical (unpaired) electrons. The fraction of sp³-hybridized carbons (Fsp3) is 0.273. The minimum Gasteiger partial charge on any atom is -0.384 e. The van der Waals surface area contributed by atoms with Crippen LogP contribution in [0.15, 0.2) is 59.5 Å². The van der Waals surface area contributed by atoms with Crippen molar-refractivity contribution in [2.75, 3.05) is 18.8 Å². The van der Waals surface area contributed by atoms with E-state index in [9.17, 15) is 9.59 Å². The van der Waals surface area contributed by atoms with Crippen LogP contribution in [0, 0.1) is 5.92 Å². The Morgan fingerprint density at radius 3 is 2.76 bits per heavy atom. The zero-order chi connectivity index (χ0) is 20.0. The fourth-order valence-corrected chi connectivity index (χ4v) is 4.54. The summed E-state index contributed by atoms with van der Waals surface area (Å²) in [5.74, 6) is 0.599. The van der Waals surface area contributed by atoms with Gasteiger partial charge in [-0.2, -0.15) is 0 Å². The lowest BCUT2D eigenvalue weighted by Gasteiger charge is -2.42. The Labute approximate surface area is 167 Å². The van der Waals surface area contributed by atoms with Gasteiger partial charge in [-0.25, -0.2) is 4.98 Å². The number of nitrogens with two attached hydrogens (primary N) is 1. The molecule has 0 saturated carbocycles. The lowest BCUT2D eigenvalue weighted by atomic mass is 9.82. The summed E-state index contributed by atoms with van der Waals surface area (Å²) in [6.45, 7) is 1.82. The Morgan fingerprint density at radius 1 is 1.07 bits per heavy atom. The van der Waals surface area contributed by atoms with Gasteiger partial charge < -0.3 is 15.2 Å². The molecule has 146 valence electrons. The summed E-state index contributed by atoms with van der Waals surface area (Å²) in [5, 5.41) is 0. The molecular weight excluding hydrogens is 366 g/mol. The van der Waals surface area contributed by atoms with Gasteiger partial charge in [-0.15, -0.1) is 0 Å². The van der Waals surface area contributed by atoms with Gasteiger partial charge in [0.05, 0.1) is 5.69 Å². The van der Waals surface area contributed by atoms with Crippen LogP contribution in [0.25, 0.3) is 11.3 Å². The highest BCUT2D eigenvalue weighted by molar-refractivity contribution is 5.92. The molecule has 2 bridgehead atoms. The van der Waals surface area contributed by atoms with Crippen molar-refractivity contribution >= 4 is 11.7 Å². The largest absolute Gasteiger partial charge is 0.384 e. The topological polar surface area (TPSA) is 94.1 Å². The van der Waals surface area contributed by atoms with Crippen LogP contribution in [0.4, 0.5) is 5.82 Å². The Kier molecular flexibility index (Phi) is 4.16. The molecule has 0 aliphatic carbocycles. The number of nitrogens with zero attached hydrogens (tertiary/aromatic N) is 4. The molecule has 3 aromatic heterocycles. The van der Waals surface area contributed by atoms with Crippen LogP contribution in [0.5, 0.6) is 0 Å². The number of amides is 1. The molecule has 2 aliphatic heterocycles. The van der Waals surface area contributed by atoms with Crippen molar-refractivity contribution in [1.82, 2.24) is 19.4 Å². The highest BCUT2D eigenvalue weighted by Crippen LogP contribution is 2.36. The highest BCUT2D eigenvalue weighted by Gasteiger charge is 2.37. The van der Waals surface area contributed by atoms with Crippen molar-refractivity contribution in [3.8, 4) is 11.3 Å². The second-order valence-electron chi connectivity index (χ2n) is 7.79. The summed E-state index contributed by atoms with van der Waals surface area (Å²) in [6, 6.07) is 14.5. The molecule has 7 nitrogen and oxygen atoms in total. The van der Waals surface area contributed by atoms with E-state index < -0.39 is 0 Å². The van der Waals surface area contributed by atoms with Crippen LogP contribution < -0.4 is 11.3 Å². The molecule has 0 aromatic carbocycles. The molecule has 0 unspecified atom stereocenters. The summed E-state index contributed by atoms with van der Waals surface area (Å²) in [7, 11) is 0. The summed E-state index contributed by atoms with van der Waals surface area (Å²) in [5.41, 5.74) is 8.68. The number of carbonyl (C=O) groups excluding carboxylic acids is 1. The van der Waals surface area contributed by atoms with E-state index in [4.69, 9.17) is 5.73 Å². The maximum absolute atomic E-state index is 13.0. The molecule has 29 heavy (non-hydrogen) atoms. The van der Waals surface area contributed by atoms with Crippen molar-refractivity contribution in [1.29, 1.82) is 0 Å². The first-order chi connectivity index (χ1) is 14.1. The molecule has 1 amide bonds. The average molecular weight is 387 g/mol. The predicted molar refractivity (Wildman–Crippen MR) is 109 cm³/mol. The van der Waals surface area contributed by atoms with Crippen LogP contribution in [-0.2, 0) is 6.54 Å². The minimum atomic E-state index is -0.108. The monoisotopic (exact) mass is 387 g/mol. The van der Waals surface area contributed by atoms with Crippen molar-refractivity contribution in [2.45, 2.75) is 18.9 Å². The van der Waals surface area contributed by atoms with Crippen LogP contribution in [0.3, 0.4) is 0 Å². The second kappa shape index (κ2) is 6.84. The molecule has 2 atom stereocenters. The van der Waals surface area contributed by atoms with E-state index in [1.54, 1.807) is 30.5 Å². The molecule has 5 rings (SSSR count). The SMILES string of the molecule is Nc1cccc(C(=O)N2C[C@@H]3C[C@H](C2)c2cc(-c4ccccn4)cc(=O)n2C3)n1. The van der Waals surface area contributed by atoms with Crippen molar-refractivity contribution in [3.05, 3.63) is 76.5 Å². The molecular formula is C22H21N5O2. The second-order valence-corrected chi connectivity index (χ2v) is 7.79. The van der Waals surface area contributed by atoms with E-state index >= 15 is 0 Å². The summed E-state index contributed by atoms with van der Waals surface area (Å²) in [4.78, 5) is 36.2. The zero-order valence-electron chi connectivity index (χ0n) is 15.9. The number of rotatable bonds is 2. The van der Waals surface area contributed by atoms with Gasteiger partial charge in [-0.05, 0) is 42.7 Å². The first kappa shape index (κ1) is 17.6. The smallest absolute Gasteiger partial charge is 0.272 e. The van der Waals surface area contributed by atoms with Crippen LogP contribution in [0.1, 0.15) is 28.5 Å². The van der Waals surface area contributed by atoms with Gasteiger partial charge >= 0.3 is 0 Å². The minimum absolute atomic E-state index is 0.00451. The van der Waals surface area contributed by atoms with Gasteiger partial charge in [-0.3, -0.25) is 14.6 Å². The summed E-state index contributed by atoms with van der Waals surface area (Å²) in [6.07, 6.45) is 2.70. The summed E-state index contributed by atoms with van der Waals surface area (Å²) >= 11 is 0. The Balaban J connectivity index is 1.49. The first-order valence-electron chi connectivity index (χ1n) is 9.76. The third kappa shape index (κ3) is 3.18. The van der Waals surface area contributed by atoms with E-state index in [1.165, 1.54) is 0 Å². The molecule has 1 fully saturated rings. The third-order valence-electron chi connectivity index (χ3n) is 5.79. The molecule has 2 aliphatic rings. The Morgan fingerprint density at radius 2 is 1.97 bits per heavy atom.